The molecular weight excluding hydrogens is 372 g/mol. The first-order valence-corrected chi connectivity index (χ1v) is 8.18. The van der Waals surface area contributed by atoms with Gasteiger partial charge in [0.25, 0.3) is 0 Å². The number of carbonyl (C=O) groups is 1. The fraction of sp³-hybridized carbons (Fsp3) is 0.286. The Hall–Kier alpha value is -1.31. The van der Waals surface area contributed by atoms with Gasteiger partial charge in [-0.1, -0.05) is 17.7 Å². The van der Waals surface area contributed by atoms with E-state index in [9.17, 15) is 18.0 Å². The lowest BCUT2D eigenvalue weighted by Gasteiger charge is -2.10. The minimum Gasteiger partial charge on any atom is -0.302 e. The molecule has 0 atom stereocenters. The molecule has 0 fully saturated rings. The van der Waals surface area contributed by atoms with Crippen molar-refractivity contribution in [2.45, 2.75) is 19.0 Å². The lowest BCUT2D eigenvalue weighted by atomic mass is 10.1. The summed E-state index contributed by atoms with van der Waals surface area (Å²) in [7, 11) is 0. The summed E-state index contributed by atoms with van der Waals surface area (Å²) in [6, 6.07) is 3.78. The van der Waals surface area contributed by atoms with E-state index in [0.29, 0.717) is 10.7 Å². The van der Waals surface area contributed by atoms with E-state index in [1.807, 2.05) is 0 Å². The lowest BCUT2D eigenvalue weighted by Crippen LogP contribution is -2.11. The number of thiazole rings is 1. The van der Waals surface area contributed by atoms with Crippen molar-refractivity contribution in [2.24, 2.45) is 0 Å². The number of aromatic nitrogens is 1. The molecule has 1 amide bonds. The Morgan fingerprint density at radius 3 is 2.74 bits per heavy atom. The van der Waals surface area contributed by atoms with Crippen molar-refractivity contribution in [3.05, 3.63) is 45.4 Å². The van der Waals surface area contributed by atoms with E-state index < -0.39 is 11.7 Å². The quantitative estimate of drug-likeness (QED) is 0.741. The van der Waals surface area contributed by atoms with Crippen molar-refractivity contribution in [2.75, 3.05) is 11.2 Å². The summed E-state index contributed by atoms with van der Waals surface area (Å²) < 4.78 is 38.5. The Labute approximate surface area is 144 Å². The van der Waals surface area contributed by atoms with Crippen LogP contribution in [0.2, 0.25) is 5.02 Å². The number of hydrogen-bond donors (Lipinski definition) is 1. The third kappa shape index (κ3) is 5.09. The van der Waals surface area contributed by atoms with E-state index in [-0.39, 0.29) is 29.7 Å². The van der Waals surface area contributed by atoms with Crippen molar-refractivity contribution in [3.8, 4) is 0 Å². The molecule has 9 heteroatoms. The molecule has 0 bridgehead atoms. The third-order valence-electron chi connectivity index (χ3n) is 2.84. The Kier molecular flexibility index (Phi) is 5.89. The fourth-order valence-corrected chi connectivity index (χ4v) is 3.07. The van der Waals surface area contributed by atoms with Crippen LogP contribution in [0.15, 0.2) is 24.4 Å². The summed E-state index contributed by atoms with van der Waals surface area (Å²) in [6.45, 7) is 0. The van der Waals surface area contributed by atoms with Crippen molar-refractivity contribution in [1.82, 2.24) is 4.98 Å². The summed E-state index contributed by atoms with van der Waals surface area (Å²) in [5.41, 5.74) is -0.402. The van der Waals surface area contributed by atoms with Gasteiger partial charge in [0, 0.05) is 29.8 Å². The zero-order chi connectivity index (χ0) is 17.0. The highest BCUT2D eigenvalue weighted by Gasteiger charge is 2.33. The molecule has 0 spiro atoms. The highest BCUT2D eigenvalue weighted by molar-refractivity contribution is 7.15. The number of amides is 1. The van der Waals surface area contributed by atoms with E-state index in [1.165, 1.54) is 29.7 Å². The first kappa shape index (κ1) is 18.0. The van der Waals surface area contributed by atoms with Crippen LogP contribution in [0.1, 0.15) is 22.4 Å². The van der Waals surface area contributed by atoms with Crippen molar-refractivity contribution in [3.63, 3.8) is 0 Å². The molecule has 0 saturated heterocycles. The van der Waals surface area contributed by atoms with Crippen LogP contribution in [0.25, 0.3) is 0 Å². The second kappa shape index (κ2) is 7.51. The average molecular weight is 383 g/mol. The third-order valence-corrected chi connectivity index (χ3v) is 4.27. The van der Waals surface area contributed by atoms with Gasteiger partial charge in [0.1, 0.15) is 0 Å². The first-order chi connectivity index (χ1) is 10.8. The molecule has 3 nitrogen and oxygen atoms in total. The smallest absolute Gasteiger partial charge is 0.302 e. The minimum absolute atomic E-state index is 0.169. The molecule has 2 rings (SSSR count). The van der Waals surface area contributed by atoms with E-state index in [4.69, 9.17) is 23.2 Å². The number of halogens is 5. The van der Waals surface area contributed by atoms with Crippen molar-refractivity contribution in [1.29, 1.82) is 0 Å². The fourth-order valence-electron chi connectivity index (χ4n) is 1.82. The maximum absolute atomic E-state index is 12.8. The monoisotopic (exact) mass is 382 g/mol. The van der Waals surface area contributed by atoms with Crippen LogP contribution in [-0.2, 0) is 17.4 Å². The number of benzene rings is 1. The normalized spacial score (nSPS) is 11.5. The minimum atomic E-state index is -4.50. The highest BCUT2D eigenvalue weighted by Crippen LogP contribution is 2.35. The van der Waals surface area contributed by atoms with Gasteiger partial charge in [0.2, 0.25) is 5.91 Å². The summed E-state index contributed by atoms with van der Waals surface area (Å²) in [5.74, 6) is -0.0542. The SMILES string of the molecule is O=C(CCCl)Nc1ncc(Cc2ccc(Cl)c(C(F)(F)F)c2)s1. The molecule has 23 heavy (non-hydrogen) atoms. The van der Waals surface area contributed by atoms with Crippen LogP contribution in [-0.4, -0.2) is 16.8 Å². The first-order valence-electron chi connectivity index (χ1n) is 6.45. The second-order valence-electron chi connectivity index (χ2n) is 4.61. The molecular formula is C14H11Cl2F3N2OS. The van der Waals surface area contributed by atoms with Gasteiger partial charge in [0.05, 0.1) is 10.6 Å². The number of nitrogens with zero attached hydrogens (tertiary/aromatic N) is 1. The van der Waals surface area contributed by atoms with Crippen LogP contribution in [0.3, 0.4) is 0 Å². The summed E-state index contributed by atoms with van der Waals surface area (Å²) in [4.78, 5) is 16.1. The van der Waals surface area contributed by atoms with Gasteiger partial charge in [0.15, 0.2) is 5.13 Å². The van der Waals surface area contributed by atoms with Crippen molar-refractivity contribution < 1.29 is 18.0 Å². The van der Waals surface area contributed by atoms with Crippen molar-refractivity contribution >= 4 is 45.6 Å². The number of hydrogen-bond acceptors (Lipinski definition) is 3. The number of carbonyl (C=O) groups excluding carboxylic acids is 1. The van der Waals surface area contributed by atoms with Gasteiger partial charge < -0.3 is 5.32 Å². The van der Waals surface area contributed by atoms with Gasteiger partial charge in [-0.2, -0.15) is 13.2 Å². The summed E-state index contributed by atoms with van der Waals surface area (Å²) in [6.07, 6.45) is -2.55. The molecule has 124 valence electrons. The van der Waals surface area contributed by atoms with Crippen LogP contribution in [0, 0.1) is 0 Å². The van der Waals surface area contributed by atoms with E-state index in [0.717, 1.165) is 10.9 Å². The molecule has 0 saturated carbocycles. The molecule has 1 aromatic carbocycles. The van der Waals surface area contributed by atoms with E-state index in [2.05, 4.69) is 10.3 Å². The Morgan fingerprint density at radius 1 is 1.35 bits per heavy atom. The molecule has 0 aliphatic rings. The van der Waals surface area contributed by atoms with E-state index in [1.54, 1.807) is 0 Å². The van der Waals surface area contributed by atoms with Gasteiger partial charge in [-0.25, -0.2) is 4.98 Å². The summed E-state index contributed by atoms with van der Waals surface area (Å²) in [5, 5.41) is 2.63. The van der Waals surface area contributed by atoms with Crippen LogP contribution in [0.5, 0.6) is 0 Å². The van der Waals surface area contributed by atoms with Gasteiger partial charge in [-0.3, -0.25) is 4.79 Å². The van der Waals surface area contributed by atoms with Gasteiger partial charge in [-0.05, 0) is 17.7 Å². The Balaban J connectivity index is 2.11. The zero-order valence-electron chi connectivity index (χ0n) is 11.6. The molecule has 2 aromatic rings. The van der Waals surface area contributed by atoms with E-state index >= 15 is 0 Å². The predicted molar refractivity (Wildman–Crippen MR) is 85.3 cm³/mol. The number of rotatable bonds is 5. The Bertz CT molecular complexity index is 704. The number of anilines is 1. The van der Waals surface area contributed by atoms with Crippen LogP contribution in [0.4, 0.5) is 18.3 Å². The average Bonchev–Trinajstić information content (AvgIpc) is 2.87. The van der Waals surface area contributed by atoms with Crippen LogP contribution < -0.4 is 5.32 Å². The second-order valence-corrected chi connectivity index (χ2v) is 6.51. The maximum atomic E-state index is 12.8. The molecule has 1 heterocycles. The highest BCUT2D eigenvalue weighted by atomic mass is 35.5. The lowest BCUT2D eigenvalue weighted by molar-refractivity contribution is -0.137. The van der Waals surface area contributed by atoms with Gasteiger partial charge in [-0.15, -0.1) is 22.9 Å². The maximum Gasteiger partial charge on any atom is 0.417 e. The predicted octanol–water partition coefficient (Wildman–Crippen LogP) is 4.97. The largest absolute Gasteiger partial charge is 0.417 e. The standard InChI is InChI=1S/C14H11Cl2F3N2OS/c15-4-3-12(22)21-13-20-7-9(23-13)5-8-1-2-11(16)10(6-8)14(17,18)19/h1-2,6-7H,3-5H2,(H,20,21,22). The number of nitrogens with one attached hydrogen (secondary N) is 1. The molecule has 0 aliphatic heterocycles. The van der Waals surface area contributed by atoms with Gasteiger partial charge >= 0.3 is 6.18 Å². The number of alkyl halides is 4. The summed E-state index contributed by atoms with van der Waals surface area (Å²) >= 11 is 12.2. The molecule has 0 aliphatic carbocycles. The molecule has 1 aromatic heterocycles. The molecule has 1 N–H and O–H groups in total. The van der Waals surface area contributed by atoms with Crippen LogP contribution >= 0.6 is 34.5 Å². The Morgan fingerprint density at radius 2 is 2.09 bits per heavy atom. The topological polar surface area (TPSA) is 42.0 Å². The molecule has 0 radical (unpaired) electrons. The zero-order valence-corrected chi connectivity index (χ0v) is 13.9. The molecule has 0 unspecified atom stereocenters.